The molecule has 6 heteroatoms. The molecule has 0 spiro atoms. The summed E-state index contributed by atoms with van der Waals surface area (Å²) in [4.78, 5) is 5.60. The molecular formula is C26H22N4OS. The highest BCUT2D eigenvalue weighted by molar-refractivity contribution is 7.91. The normalized spacial score (nSPS) is 15.8. The fraction of sp³-hybridized carbons (Fsp3) is 0.154. The number of hydrogen-bond acceptors (Lipinski definition) is 4. The van der Waals surface area contributed by atoms with E-state index in [4.69, 9.17) is 10.7 Å². The number of benzene rings is 3. The highest BCUT2D eigenvalue weighted by atomic mass is 32.2. The Kier molecular flexibility index (Phi) is 4.37. The van der Waals surface area contributed by atoms with Crippen LogP contribution in [0.5, 0.6) is 0 Å². The molecule has 0 radical (unpaired) electrons. The number of nitrogens with zero attached hydrogens (tertiary/aromatic N) is 3. The third kappa shape index (κ3) is 3.11. The van der Waals surface area contributed by atoms with Crippen LogP contribution in [-0.2, 0) is 16.7 Å². The minimum Gasteiger partial charge on any atom is -0.612 e. The van der Waals surface area contributed by atoms with Gasteiger partial charge in [-0.3, -0.25) is 0 Å². The van der Waals surface area contributed by atoms with Gasteiger partial charge in [-0.2, -0.15) is 5.10 Å². The van der Waals surface area contributed by atoms with Gasteiger partial charge in [-0.1, -0.05) is 42.5 Å². The predicted molar refractivity (Wildman–Crippen MR) is 129 cm³/mol. The molecule has 158 valence electrons. The molecule has 0 aliphatic heterocycles. The van der Waals surface area contributed by atoms with Crippen molar-refractivity contribution in [2.24, 2.45) is 5.73 Å². The second-order valence-corrected chi connectivity index (χ2v) is 9.86. The molecule has 0 bridgehead atoms. The summed E-state index contributed by atoms with van der Waals surface area (Å²) in [6, 6.07) is 20.5. The monoisotopic (exact) mass is 438 g/mol. The largest absolute Gasteiger partial charge is 0.612 e. The van der Waals surface area contributed by atoms with Gasteiger partial charge in [0, 0.05) is 34.4 Å². The second kappa shape index (κ2) is 7.17. The average Bonchev–Trinajstić information content (AvgIpc) is 3.44. The maximum Gasteiger partial charge on any atom is 0.162 e. The smallest absolute Gasteiger partial charge is 0.162 e. The molecule has 6 rings (SSSR count). The van der Waals surface area contributed by atoms with Gasteiger partial charge in [0.15, 0.2) is 10.5 Å². The number of aromatic nitrogens is 3. The molecule has 1 atom stereocenters. The Bertz CT molecular complexity index is 1470. The molecule has 32 heavy (non-hydrogen) atoms. The molecule has 1 fully saturated rings. The Morgan fingerprint density at radius 1 is 0.906 bits per heavy atom. The van der Waals surface area contributed by atoms with E-state index in [9.17, 15) is 4.55 Å². The minimum absolute atomic E-state index is 0.125. The molecule has 3 aromatic carbocycles. The van der Waals surface area contributed by atoms with Crippen molar-refractivity contribution in [1.29, 1.82) is 0 Å². The Hall–Kier alpha value is -3.19. The molecule has 1 aliphatic carbocycles. The van der Waals surface area contributed by atoms with E-state index in [0.29, 0.717) is 0 Å². The first kappa shape index (κ1) is 19.5. The number of fused-ring (bicyclic) bond motifs is 2. The van der Waals surface area contributed by atoms with Crippen molar-refractivity contribution >= 4 is 27.6 Å². The topological polar surface area (TPSA) is 79.3 Å². The molecule has 1 saturated carbocycles. The van der Waals surface area contributed by atoms with Crippen LogP contribution < -0.4 is 5.73 Å². The minimum atomic E-state index is -1.06. The van der Waals surface area contributed by atoms with Crippen LogP contribution in [-0.4, -0.2) is 25.4 Å². The van der Waals surface area contributed by atoms with Gasteiger partial charge in [-0.05, 0) is 64.3 Å². The predicted octanol–water partition coefficient (Wildman–Crippen LogP) is 4.90. The summed E-state index contributed by atoms with van der Waals surface area (Å²) >= 11 is -1.06. The molecule has 5 aromatic rings. The van der Waals surface area contributed by atoms with Crippen molar-refractivity contribution in [3.63, 3.8) is 0 Å². The van der Waals surface area contributed by atoms with Crippen molar-refractivity contribution in [2.75, 3.05) is 6.26 Å². The maximum atomic E-state index is 12.2. The number of nitrogens with two attached hydrogens (primary N) is 1. The molecule has 1 unspecified atom stereocenters. The number of rotatable bonds is 4. The third-order valence-corrected chi connectivity index (χ3v) is 7.40. The maximum absolute atomic E-state index is 12.2. The Balaban J connectivity index is 1.43. The zero-order valence-electron chi connectivity index (χ0n) is 17.7. The van der Waals surface area contributed by atoms with Crippen molar-refractivity contribution in [3.05, 3.63) is 84.8 Å². The summed E-state index contributed by atoms with van der Waals surface area (Å²) in [7, 11) is 0. The first-order chi connectivity index (χ1) is 15.5. The van der Waals surface area contributed by atoms with E-state index >= 15 is 0 Å². The molecule has 0 amide bonds. The van der Waals surface area contributed by atoms with Gasteiger partial charge in [0.05, 0.1) is 6.20 Å². The summed E-state index contributed by atoms with van der Waals surface area (Å²) < 4.78 is 14.0. The summed E-state index contributed by atoms with van der Waals surface area (Å²) in [5.41, 5.74) is 12.3. The molecule has 2 heterocycles. The van der Waals surface area contributed by atoms with Crippen LogP contribution in [0, 0.1) is 0 Å². The van der Waals surface area contributed by atoms with E-state index in [1.165, 1.54) is 5.56 Å². The Morgan fingerprint density at radius 3 is 2.38 bits per heavy atom. The highest BCUT2D eigenvalue weighted by Gasteiger charge is 2.39. The first-order valence-electron chi connectivity index (χ1n) is 10.6. The van der Waals surface area contributed by atoms with Crippen molar-refractivity contribution in [2.45, 2.75) is 23.3 Å². The standard InChI is InChI=1S/C26H22N4OS/c1-32(31)24-11-10-21(20-4-2-3-5-22(20)24)23-15-29-30-16-18(14-28-25(23)30)17-6-8-19(9-7-17)26(27)12-13-26/h2-11,14-16H,12-13,27H2,1H3. The van der Waals surface area contributed by atoms with Gasteiger partial charge in [-0.15, -0.1) is 0 Å². The van der Waals surface area contributed by atoms with E-state index in [1.807, 2.05) is 53.4 Å². The Morgan fingerprint density at radius 2 is 1.66 bits per heavy atom. The molecule has 2 N–H and O–H groups in total. The molecule has 1 aliphatic rings. The summed E-state index contributed by atoms with van der Waals surface area (Å²) in [6.07, 6.45) is 9.57. The van der Waals surface area contributed by atoms with Crippen molar-refractivity contribution in [3.8, 4) is 22.3 Å². The van der Waals surface area contributed by atoms with Gasteiger partial charge in [0.25, 0.3) is 0 Å². The number of hydrogen-bond donors (Lipinski definition) is 1. The van der Waals surface area contributed by atoms with Crippen LogP contribution in [0.25, 0.3) is 38.7 Å². The molecule has 0 saturated heterocycles. The lowest BCUT2D eigenvalue weighted by molar-refractivity contribution is 0.601. The van der Waals surface area contributed by atoms with E-state index in [1.54, 1.807) is 6.26 Å². The van der Waals surface area contributed by atoms with Gasteiger partial charge >= 0.3 is 0 Å². The lowest BCUT2D eigenvalue weighted by Crippen LogP contribution is -2.18. The average molecular weight is 439 g/mol. The van der Waals surface area contributed by atoms with Crippen LogP contribution >= 0.6 is 0 Å². The summed E-state index contributed by atoms with van der Waals surface area (Å²) in [5, 5.41) is 6.63. The van der Waals surface area contributed by atoms with Crippen LogP contribution in [0.15, 0.2) is 84.1 Å². The fourth-order valence-electron chi connectivity index (χ4n) is 4.39. The molecular weight excluding hydrogens is 416 g/mol. The first-order valence-corrected chi connectivity index (χ1v) is 12.2. The van der Waals surface area contributed by atoms with Crippen LogP contribution in [0.3, 0.4) is 0 Å². The highest BCUT2D eigenvalue weighted by Crippen LogP contribution is 2.43. The van der Waals surface area contributed by atoms with Gasteiger partial charge < -0.3 is 10.3 Å². The van der Waals surface area contributed by atoms with Crippen molar-refractivity contribution in [1.82, 2.24) is 14.6 Å². The summed E-state index contributed by atoms with van der Waals surface area (Å²) in [5.74, 6) is 0. The third-order valence-electron chi connectivity index (χ3n) is 6.42. The van der Waals surface area contributed by atoms with Crippen molar-refractivity contribution < 1.29 is 4.55 Å². The quantitative estimate of drug-likeness (QED) is 0.405. The van der Waals surface area contributed by atoms with Crippen LogP contribution in [0.1, 0.15) is 18.4 Å². The van der Waals surface area contributed by atoms with E-state index < -0.39 is 11.2 Å². The summed E-state index contributed by atoms with van der Waals surface area (Å²) in [6.45, 7) is 0. The fourth-order valence-corrected chi connectivity index (χ4v) is 5.14. The molecule has 5 nitrogen and oxygen atoms in total. The lowest BCUT2D eigenvalue weighted by atomic mass is 10.00. The van der Waals surface area contributed by atoms with Crippen LogP contribution in [0.2, 0.25) is 0 Å². The lowest BCUT2D eigenvalue weighted by Gasteiger charge is -2.11. The zero-order valence-corrected chi connectivity index (χ0v) is 18.5. The van der Waals surface area contributed by atoms with E-state index in [0.717, 1.165) is 56.4 Å². The van der Waals surface area contributed by atoms with E-state index in [-0.39, 0.29) is 5.54 Å². The SMILES string of the molecule is C[S+]([O-])c1ccc(-c2cnn3cc(-c4ccc(C5(N)CC5)cc4)cnc23)c2ccccc12. The Labute approximate surface area is 189 Å². The van der Waals surface area contributed by atoms with Gasteiger partial charge in [-0.25, -0.2) is 9.50 Å². The van der Waals surface area contributed by atoms with Crippen LogP contribution in [0.4, 0.5) is 0 Å². The zero-order chi connectivity index (χ0) is 21.9. The molecule has 2 aromatic heterocycles. The van der Waals surface area contributed by atoms with Gasteiger partial charge in [0.1, 0.15) is 6.26 Å². The van der Waals surface area contributed by atoms with E-state index in [2.05, 4.69) is 35.4 Å². The second-order valence-electron chi connectivity index (χ2n) is 8.51. The van der Waals surface area contributed by atoms with Gasteiger partial charge in [0.2, 0.25) is 0 Å².